The van der Waals surface area contributed by atoms with E-state index >= 15 is 0 Å². The lowest BCUT2D eigenvalue weighted by molar-refractivity contribution is -0.122. The Morgan fingerprint density at radius 2 is 1.84 bits per heavy atom. The van der Waals surface area contributed by atoms with E-state index < -0.39 is 0 Å². The average molecular weight is 443 g/mol. The molecule has 0 radical (unpaired) electrons. The van der Waals surface area contributed by atoms with Crippen molar-refractivity contribution in [3.05, 3.63) is 23.8 Å². The molecule has 2 saturated heterocycles. The van der Waals surface area contributed by atoms with Crippen molar-refractivity contribution in [2.45, 2.75) is 57.7 Å². The van der Waals surface area contributed by atoms with Gasteiger partial charge >= 0.3 is 6.09 Å². The number of likely N-dealkylation sites (N-methyl/N-ethyl adjacent to an activating group) is 1. The van der Waals surface area contributed by atoms with Crippen LogP contribution in [0.5, 0.6) is 0 Å². The van der Waals surface area contributed by atoms with Gasteiger partial charge in [-0.05, 0) is 51.3 Å². The fourth-order valence-electron chi connectivity index (χ4n) is 5.08. The van der Waals surface area contributed by atoms with Gasteiger partial charge in [-0.2, -0.15) is 0 Å². The number of hydrogen-bond donors (Lipinski definition) is 0. The summed E-state index contributed by atoms with van der Waals surface area (Å²) in [6.07, 6.45) is 1.38. The highest BCUT2D eigenvalue weighted by atomic mass is 16.6. The molecule has 0 spiro atoms. The first-order valence-electron chi connectivity index (χ1n) is 11.8. The van der Waals surface area contributed by atoms with Gasteiger partial charge in [0.05, 0.1) is 42.8 Å². The molecule has 1 aromatic carbocycles. The van der Waals surface area contributed by atoms with Gasteiger partial charge in [0.15, 0.2) is 0 Å². The van der Waals surface area contributed by atoms with Crippen molar-refractivity contribution in [3.8, 4) is 0 Å². The molecule has 5 rings (SSSR count). The molecule has 32 heavy (non-hydrogen) atoms. The van der Waals surface area contributed by atoms with Crippen molar-refractivity contribution in [3.63, 3.8) is 0 Å². The van der Waals surface area contributed by atoms with Crippen LogP contribution in [0.4, 0.5) is 16.2 Å². The number of fused-ring (bicyclic) bond motifs is 1. The number of ether oxygens (including phenoxy) is 2. The van der Waals surface area contributed by atoms with Crippen molar-refractivity contribution in [2.75, 3.05) is 49.7 Å². The van der Waals surface area contributed by atoms with Gasteiger partial charge in [-0.25, -0.2) is 14.8 Å². The first kappa shape index (κ1) is 21.7. The van der Waals surface area contributed by atoms with Crippen LogP contribution in [-0.4, -0.2) is 80.1 Å². The molecule has 1 unspecified atom stereocenters. The summed E-state index contributed by atoms with van der Waals surface area (Å²) in [7, 11) is 2.13. The molecular formula is C24H34N4O4. The summed E-state index contributed by atoms with van der Waals surface area (Å²) in [6.45, 7) is 9.59. The number of carbonyl (C=O) groups is 2. The van der Waals surface area contributed by atoms with Crippen LogP contribution in [0.25, 0.3) is 0 Å². The molecule has 174 valence electrons. The standard InChI is InChI=1S/C24H34N4O4/c1-15(2)32-24(30)26-10-16(3)28(23(29)17-5-6-17)21-8-7-18(9-22(21)26)19-11-25(4)27(12-19)20-13-31-14-20/h7-9,15-17,19-20H,5-6,10-14H2,1-4H3/t16-,19?/m0/s1. The Bertz CT molecular complexity index is 898. The van der Waals surface area contributed by atoms with Crippen LogP contribution in [0, 0.1) is 5.92 Å². The van der Waals surface area contributed by atoms with Gasteiger partial charge in [-0.1, -0.05) is 6.07 Å². The van der Waals surface area contributed by atoms with Gasteiger partial charge in [-0.15, -0.1) is 0 Å². The van der Waals surface area contributed by atoms with Gasteiger partial charge in [0.1, 0.15) is 0 Å². The Morgan fingerprint density at radius 3 is 2.47 bits per heavy atom. The van der Waals surface area contributed by atoms with Crippen molar-refractivity contribution >= 4 is 23.4 Å². The molecule has 3 heterocycles. The molecule has 0 bridgehead atoms. The van der Waals surface area contributed by atoms with Crippen molar-refractivity contribution in [2.24, 2.45) is 5.92 Å². The van der Waals surface area contributed by atoms with Gasteiger partial charge in [0, 0.05) is 38.5 Å². The van der Waals surface area contributed by atoms with E-state index in [0.29, 0.717) is 18.5 Å². The van der Waals surface area contributed by atoms with E-state index in [-0.39, 0.29) is 30.1 Å². The molecule has 3 fully saturated rings. The number of rotatable bonds is 4. The summed E-state index contributed by atoms with van der Waals surface area (Å²) in [5, 5.41) is 4.68. The molecule has 2 atom stereocenters. The summed E-state index contributed by atoms with van der Waals surface area (Å²) >= 11 is 0. The summed E-state index contributed by atoms with van der Waals surface area (Å²) in [5.41, 5.74) is 2.79. The highest BCUT2D eigenvalue weighted by molar-refractivity contribution is 6.04. The number of amides is 2. The summed E-state index contributed by atoms with van der Waals surface area (Å²) in [4.78, 5) is 29.7. The molecule has 1 saturated carbocycles. The Hall–Kier alpha value is -2.16. The number of carbonyl (C=O) groups excluding carboxylic acids is 2. The topological polar surface area (TPSA) is 65.6 Å². The first-order chi connectivity index (χ1) is 15.3. The highest BCUT2D eigenvalue weighted by Crippen LogP contribution is 2.42. The maximum absolute atomic E-state index is 13.1. The van der Waals surface area contributed by atoms with E-state index in [9.17, 15) is 9.59 Å². The molecule has 8 heteroatoms. The van der Waals surface area contributed by atoms with Crippen LogP contribution in [0.3, 0.4) is 0 Å². The van der Waals surface area contributed by atoms with E-state index in [4.69, 9.17) is 9.47 Å². The Balaban J connectivity index is 1.47. The highest BCUT2D eigenvalue weighted by Gasteiger charge is 2.42. The summed E-state index contributed by atoms with van der Waals surface area (Å²) < 4.78 is 10.9. The predicted molar refractivity (Wildman–Crippen MR) is 122 cm³/mol. The number of hydrogen-bond acceptors (Lipinski definition) is 6. The van der Waals surface area contributed by atoms with Crippen LogP contribution in [0.1, 0.15) is 45.1 Å². The van der Waals surface area contributed by atoms with Gasteiger partial charge in [0.2, 0.25) is 5.91 Å². The number of hydrazine groups is 1. The molecule has 4 aliphatic rings. The van der Waals surface area contributed by atoms with Crippen molar-refractivity contribution in [1.29, 1.82) is 0 Å². The zero-order valence-electron chi connectivity index (χ0n) is 19.5. The first-order valence-corrected chi connectivity index (χ1v) is 11.8. The second-order valence-corrected chi connectivity index (χ2v) is 9.97. The number of nitrogens with zero attached hydrogens (tertiary/aromatic N) is 4. The maximum atomic E-state index is 13.1. The fourth-order valence-corrected chi connectivity index (χ4v) is 5.08. The minimum absolute atomic E-state index is 0.0899. The monoisotopic (exact) mass is 442 g/mol. The largest absolute Gasteiger partial charge is 0.446 e. The van der Waals surface area contributed by atoms with Crippen LogP contribution in [-0.2, 0) is 14.3 Å². The fraction of sp³-hybridized carbons (Fsp3) is 0.667. The second kappa shape index (κ2) is 8.32. The lowest BCUT2D eigenvalue weighted by Crippen LogP contribution is -2.52. The SMILES string of the molecule is CC(C)OC(=O)N1C[C@H](C)N(C(=O)C2CC2)c2ccc(C3CN(C)N(C4COC4)C3)cc21. The van der Waals surface area contributed by atoms with Crippen molar-refractivity contribution < 1.29 is 19.1 Å². The normalized spacial score (nSPS) is 26.9. The quantitative estimate of drug-likeness (QED) is 0.715. The molecule has 1 aromatic rings. The van der Waals surface area contributed by atoms with E-state index in [2.05, 4.69) is 29.2 Å². The lowest BCUT2D eigenvalue weighted by atomic mass is 9.96. The van der Waals surface area contributed by atoms with Crippen LogP contribution in [0.15, 0.2) is 18.2 Å². The third-order valence-electron chi connectivity index (χ3n) is 7.00. The Labute approximate surface area is 190 Å². The third kappa shape index (κ3) is 3.89. The minimum atomic E-state index is -0.347. The second-order valence-electron chi connectivity index (χ2n) is 9.97. The van der Waals surface area contributed by atoms with Crippen LogP contribution in [0.2, 0.25) is 0 Å². The molecule has 0 N–H and O–H groups in total. The van der Waals surface area contributed by atoms with E-state index in [1.807, 2.05) is 31.7 Å². The molecular weight excluding hydrogens is 408 g/mol. The van der Waals surface area contributed by atoms with Crippen LogP contribution >= 0.6 is 0 Å². The van der Waals surface area contributed by atoms with E-state index in [0.717, 1.165) is 50.5 Å². The predicted octanol–water partition coefficient (Wildman–Crippen LogP) is 2.83. The smallest absolute Gasteiger partial charge is 0.414 e. The molecule has 2 amide bonds. The van der Waals surface area contributed by atoms with Crippen LogP contribution < -0.4 is 9.80 Å². The van der Waals surface area contributed by atoms with Gasteiger partial charge < -0.3 is 14.4 Å². The van der Waals surface area contributed by atoms with E-state index in [1.165, 1.54) is 5.56 Å². The zero-order valence-corrected chi connectivity index (χ0v) is 19.5. The Kier molecular flexibility index (Phi) is 5.63. The average Bonchev–Trinajstić information content (AvgIpc) is 3.49. The zero-order chi connectivity index (χ0) is 22.6. The molecule has 8 nitrogen and oxygen atoms in total. The molecule has 0 aromatic heterocycles. The minimum Gasteiger partial charge on any atom is -0.446 e. The molecule has 3 aliphatic heterocycles. The van der Waals surface area contributed by atoms with Crippen molar-refractivity contribution in [1.82, 2.24) is 10.0 Å². The van der Waals surface area contributed by atoms with Gasteiger partial charge in [-0.3, -0.25) is 9.69 Å². The molecule has 1 aliphatic carbocycles. The number of benzene rings is 1. The number of anilines is 2. The van der Waals surface area contributed by atoms with E-state index in [1.54, 1.807) is 4.90 Å². The Morgan fingerprint density at radius 1 is 1.09 bits per heavy atom. The maximum Gasteiger partial charge on any atom is 0.414 e. The summed E-state index contributed by atoms with van der Waals surface area (Å²) in [6, 6.07) is 6.64. The lowest BCUT2D eigenvalue weighted by Gasteiger charge is -2.41. The van der Waals surface area contributed by atoms with Gasteiger partial charge in [0.25, 0.3) is 0 Å². The third-order valence-corrected chi connectivity index (χ3v) is 7.00. The summed E-state index contributed by atoms with van der Waals surface area (Å²) in [5.74, 6) is 0.641.